The summed E-state index contributed by atoms with van der Waals surface area (Å²) in [6.45, 7) is 0.672. The molecule has 0 bridgehead atoms. The number of rotatable bonds is 11. The van der Waals surface area contributed by atoms with Crippen LogP contribution in [0.4, 0.5) is 0 Å². The van der Waals surface area contributed by atoms with Crippen LogP contribution < -0.4 is 0 Å². The summed E-state index contributed by atoms with van der Waals surface area (Å²) in [5.41, 5.74) is 1.02. The number of carboxylic acids is 1. The Bertz CT molecular complexity index is 717. The van der Waals surface area contributed by atoms with Crippen LogP contribution in [0.15, 0.2) is 42.5 Å². The minimum Gasteiger partial charge on any atom is -0.481 e. The van der Waals surface area contributed by atoms with E-state index >= 15 is 0 Å². The molecule has 2 atom stereocenters. The highest BCUT2D eigenvalue weighted by atomic mass is 32.2. The van der Waals surface area contributed by atoms with Gasteiger partial charge >= 0.3 is 5.97 Å². The van der Waals surface area contributed by atoms with E-state index in [-0.39, 0.29) is 23.8 Å². The first-order valence-corrected chi connectivity index (χ1v) is 11.7. The van der Waals surface area contributed by atoms with Crippen LogP contribution in [0.1, 0.15) is 50.5 Å². The van der Waals surface area contributed by atoms with Gasteiger partial charge in [0.25, 0.3) is 0 Å². The first kappa shape index (κ1) is 21.9. The summed E-state index contributed by atoms with van der Waals surface area (Å²) in [4.78, 5) is 24.9. The minimum atomic E-state index is -0.760. The molecule has 0 radical (unpaired) electrons. The lowest BCUT2D eigenvalue weighted by atomic mass is 9.89. The van der Waals surface area contributed by atoms with Crippen molar-refractivity contribution in [2.45, 2.75) is 62.5 Å². The second-order valence-electron chi connectivity index (χ2n) is 8.01. The Morgan fingerprint density at radius 2 is 2.03 bits per heavy atom. The summed E-state index contributed by atoms with van der Waals surface area (Å²) >= 11 is 1.70. The fourth-order valence-electron chi connectivity index (χ4n) is 4.11. The Kier molecular flexibility index (Phi) is 7.78. The molecule has 1 heterocycles. The number of carbonyl (C=O) groups excluding carboxylic acids is 1. The minimum absolute atomic E-state index is 0.0390. The van der Waals surface area contributed by atoms with E-state index in [0.717, 1.165) is 37.2 Å². The highest BCUT2D eigenvalue weighted by Crippen LogP contribution is 2.51. The third kappa shape index (κ3) is 5.86. The summed E-state index contributed by atoms with van der Waals surface area (Å²) in [5.74, 6) is 1.03. The number of carbonyl (C=O) groups is 2. The predicted octanol–water partition coefficient (Wildman–Crippen LogP) is 3.61. The van der Waals surface area contributed by atoms with Crippen LogP contribution in [-0.2, 0) is 15.0 Å². The molecule has 1 amide bonds. The van der Waals surface area contributed by atoms with E-state index in [1.165, 1.54) is 5.56 Å². The monoisotopic (exact) mass is 417 g/mol. The number of piperidine rings is 1. The van der Waals surface area contributed by atoms with Crippen molar-refractivity contribution in [1.29, 1.82) is 0 Å². The number of amides is 1. The number of hydrogen-bond acceptors (Lipinski definition) is 4. The van der Waals surface area contributed by atoms with Gasteiger partial charge in [-0.25, -0.2) is 0 Å². The molecule has 158 valence electrons. The molecule has 5 nitrogen and oxygen atoms in total. The molecule has 0 spiro atoms. The van der Waals surface area contributed by atoms with Crippen molar-refractivity contribution in [3.05, 3.63) is 48.0 Å². The van der Waals surface area contributed by atoms with E-state index in [1.54, 1.807) is 11.8 Å². The maximum absolute atomic E-state index is 12.4. The summed E-state index contributed by atoms with van der Waals surface area (Å²) < 4.78 is 0. The third-order valence-corrected chi connectivity index (χ3v) is 7.03. The van der Waals surface area contributed by atoms with Crippen molar-refractivity contribution >= 4 is 23.6 Å². The van der Waals surface area contributed by atoms with E-state index < -0.39 is 12.1 Å². The summed E-state index contributed by atoms with van der Waals surface area (Å²) in [7, 11) is 0. The number of thioether (sulfide) groups is 1. The van der Waals surface area contributed by atoms with Gasteiger partial charge in [0.15, 0.2) is 0 Å². The van der Waals surface area contributed by atoms with Gasteiger partial charge in [0.05, 0.1) is 12.1 Å². The quantitative estimate of drug-likeness (QED) is 0.425. The first-order valence-electron chi connectivity index (χ1n) is 10.5. The zero-order chi connectivity index (χ0) is 20.7. The molecule has 1 unspecified atom stereocenters. The van der Waals surface area contributed by atoms with E-state index in [4.69, 9.17) is 5.11 Å². The molecule has 1 aromatic carbocycles. The molecular weight excluding hydrogens is 386 g/mol. The van der Waals surface area contributed by atoms with E-state index in [1.807, 2.05) is 35.3 Å². The molecular formula is C23H31NO4S. The molecule has 2 fully saturated rings. The Balaban J connectivity index is 1.53. The summed E-state index contributed by atoms with van der Waals surface area (Å²) in [6.07, 6.45) is 8.63. The van der Waals surface area contributed by atoms with Crippen LogP contribution in [0, 0.1) is 0 Å². The maximum Gasteiger partial charge on any atom is 0.303 e. The van der Waals surface area contributed by atoms with Gasteiger partial charge in [0, 0.05) is 30.6 Å². The van der Waals surface area contributed by atoms with Gasteiger partial charge in [-0.2, -0.15) is 11.8 Å². The number of carboxylic acid groups (broad SMARTS) is 1. The van der Waals surface area contributed by atoms with Crippen molar-refractivity contribution in [1.82, 2.24) is 4.90 Å². The van der Waals surface area contributed by atoms with E-state index in [0.29, 0.717) is 19.4 Å². The number of aliphatic hydroxyl groups is 1. The smallest absolute Gasteiger partial charge is 0.303 e. The van der Waals surface area contributed by atoms with E-state index in [9.17, 15) is 14.7 Å². The number of benzene rings is 1. The molecule has 6 heteroatoms. The lowest BCUT2D eigenvalue weighted by molar-refractivity contribution is -0.137. The summed E-state index contributed by atoms with van der Waals surface area (Å²) in [5, 5.41) is 19.5. The first-order chi connectivity index (χ1) is 14.0. The highest BCUT2D eigenvalue weighted by Gasteiger charge is 2.49. The molecule has 3 rings (SSSR count). The number of aliphatic carboxylic acids is 1. The van der Waals surface area contributed by atoms with Gasteiger partial charge in [-0.05, 0) is 43.4 Å². The molecule has 1 aromatic rings. The second kappa shape index (κ2) is 10.3. The largest absolute Gasteiger partial charge is 0.481 e. The van der Waals surface area contributed by atoms with Gasteiger partial charge < -0.3 is 15.1 Å². The second-order valence-corrected chi connectivity index (χ2v) is 9.23. The Morgan fingerprint density at radius 3 is 2.72 bits per heavy atom. The van der Waals surface area contributed by atoms with Crippen LogP contribution >= 0.6 is 11.8 Å². The zero-order valence-electron chi connectivity index (χ0n) is 16.8. The predicted molar refractivity (Wildman–Crippen MR) is 116 cm³/mol. The molecule has 0 aromatic heterocycles. The maximum atomic E-state index is 12.4. The van der Waals surface area contributed by atoms with Crippen molar-refractivity contribution in [2.24, 2.45) is 0 Å². The molecule has 1 aliphatic heterocycles. The lowest BCUT2D eigenvalue weighted by Crippen LogP contribution is -2.44. The average molecular weight is 418 g/mol. The average Bonchev–Trinajstić information content (AvgIpc) is 3.52. The topological polar surface area (TPSA) is 77.8 Å². The number of nitrogens with zero attached hydrogens (tertiary/aromatic N) is 1. The summed E-state index contributed by atoms with van der Waals surface area (Å²) in [6, 6.07) is 10.2. The zero-order valence-corrected chi connectivity index (χ0v) is 17.7. The SMILES string of the molecule is O=C(O)CCCSCCN1C(=O)CCC[C@@H]1C=CC(O)C1(c2ccccc2)CC1. The molecule has 1 saturated carbocycles. The Morgan fingerprint density at radius 1 is 1.28 bits per heavy atom. The van der Waals surface area contributed by atoms with Gasteiger partial charge in [-0.3, -0.25) is 9.59 Å². The van der Waals surface area contributed by atoms with Gasteiger partial charge in [0.2, 0.25) is 5.91 Å². The standard InChI is InChI=1S/C23H31NO4S/c25-20(23(13-14-23)18-6-2-1-3-7-18)12-11-19-8-4-9-21(26)24(19)15-17-29-16-5-10-22(27)28/h1-3,6-7,11-12,19-20,25H,4-5,8-10,13-17H2,(H,27,28)/t19-,20?/m1/s1. The van der Waals surface area contributed by atoms with Crippen LogP contribution in [-0.4, -0.2) is 57.2 Å². The van der Waals surface area contributed by atoms with Crippen LogP contribution in [0.2, 0.25) is 0 Å². The third-order valence-electron chi connectivity index (χ3n) is 5.99. The van der Waals surface area contributed by atoms with Crippen molar-refractivity contribution in [3.63, 3.8) is 0 Å². The molecule has 1 saturated heterocycles. The fraction of sp³-hybridized carbons (Fsp3) is 0.565. The molecule has 2 N–H and O–H groups in total. The molecule has 2 aliphatic rings. The number of likely N-dealkylation sites (tertiary alicyclic amines) is 1. The van der Waals surface area contributed by atoms with Gasteiger partial charge in [-0.15, -0.1) is 0 Å². The normalized spacial score (nSPS) is 22.0. The van der Waals surface area contributed by atoms with Crippen LogP contribution in [0.5, 0.6) is 0 Å². The molecule has 29 heavy (non-hydrogen) atoms. The number of aliphatic hydroxyl groups excluding tert-OH is 1. The number of hydrogen-bond donors (Lipinski definition) is 2. The lowest BCUT2D eigenvalue weighted by Gasteiger charge is -2.34. The molecule has 1 aliphatic carbocycles. The van der Waals surface area contributed by atoms with Crippen molar-refractivity contribution in [2.75, 3.05) is 18.1 Å². The van der Waals surface area contributed by atoms with Crippen molar-refractivity contribution < 1.29 is 19.8 Å². The van der Waals surface area contributed by atoms with E-state index in [2.05, 4.69) is 12.1 Å². The van der Waals surface area contributed by atoms with Gasteiger partial charge in [0.1, 0.15) is 0 Å². The van der Waals surface area contributed by atoms with Crippen LogP contribution in [0.25, 0.3) is 0 Å². The van der Waals surface area contributed by atoms with Crippen molar-refractivity contribution in [3.8, 4) is 0 Å². The highest BCUT2D eigenvalue weighted by molar-refractivity contribution is 7.99. The fourth-order valence-corrected chi connectivity index (χ4v) is 4.98. The van der Waals surface area contributed by atoms with Crippen LogP contribution in [0.3, 0.4) is 0 Å². The Labute approximate surface area is 177 Å². The Hall–Kier alpha value is -1.79. The van der Waals surface area contributed by atoms with Gasteiger partial charge in [-0.1, -0.05) is 42.5 Å².